The highest BCUT2D eigenvalue weighted by Gasteiger charge is 2.16. The van der Waals surface area contributed by atoms with Crippen LogP contribution >= 0.6 is 0 Å². The lowest BCUT2D eigenvalue weighted by Gasteiger charge is -2.26. The summed E-state index contributed by atoms with van der Waals surface area (Å²) in [6, 6.07) is 9.50. The van der Waals surface area contributed by atoms with Gasteiger partial charge in [-0.25, -0.2) is 0 Å². The highest BCUT2D eigenvalue weighted by atomic mass is 16.5. The first-order valence-corrected chi connectivity index (χ1v) is 5.64. The number of rotatable bonds is 3. The van der Waals surface area contributed by atoms with Crippen LogP contribution in [0, 0.1) is 6.07 Å². The number of hydrogen-bond donors (Lipinski definition) is 1. The van der Waals surface area contributed by atoms with E-state index < -0.39 is 0 Å². The van der Waals surface area contributed by atoms with Gasteiger partial charge in [0, 0.05) is 25.1 Å². The van der Waals surface area contributed by atoms with Crippen LogP contribution in [0.25, 0.3) is 0 Å². The zero-order valence-corrected chi connectivity index (χ0v) is 9.45. The number of fused-ring (bicyclic) bond motifs is 1. The van der Waals surface area contributed by atoms with Gasteiger partial charge in [-0.2, -0.15) is 0 Å². The zero-order valence-electron chi connectivity index (χ0n) is 9.45. The van der Waals surface area contributed by atoms with Gasteiger partial charge in [0.2, 0.25) is 0 Å². The topological polar surface area (TPSA) is 38.3 Å². The molecule has 85 valence electrons. The molecule has 0 fully saturated rings. The molecule has 0 aromatic heterocycles. The first kappa shape index (κ1) is 11.0. The predicted octanol–water partition coefficient (Wildman–Crippen LogP) is 2.17. The van der Waals surface area contributed by atoms with Gasteiger partial charge in [0.25, 0.3) is 0 Å². The summed E-state index contributed by atoms with van der Waals surface area (Å²) in [5, 5.41) is 3.45. The van der Waals surface area contributed by atoms with E-state index in [1.165, 1.54) is 18.2 Å². The molecule has 1 aromatic carbocycles. The second-order valence-corrected chi connectivity index (χ2v) is 4.09. The van der Waals surface area contributed by atoms with E-state index in [1.54, 1.807) is 0 Å². The van der Waals surface area contributed by atoms with Gasteiger partial charge in [-0.3, -0.25) is 4.79 Å². The number of benzene rings is 1. The van der Waals surface area contributed by atoms with Gasteiger partial charge in [0.1, 0.15) is 0 Å². The van der Waals surface area contributed by atoms with E-state index in [2.05, 4.69) is 17.4 Å². The fraction of sp³-hybridized carbons (Fsp3) is 0.462. The SMILES string of the molecule is CC(=O)OCCC1CCc2cc[c]cc2N1. The number of carbonyl (C=O) groups is 1. The van der Waals surface area contributed by atoms with Crippen molar-refractivity contribution in [1.29, 1.82) is 0 Å². The van der Waals surface area contributed by atoms with Crippen LogP contribution in [0.3, 0.4) is 0 Å². The van der Waals surface area contributed by atoms with Crippen molar-refractivity contribution in [2.24, 2.45) is 0 Å². The van der Waals surface area contributed by atoms with Crippen molar-refractivity contribution >= 4 is 11.7 Å². The Bertz CT molecular complexity index is 376. The Morgan fingerprint density at radius 3 is 3.38 bits per heavy atom. The van der Waals surface area contributed by atoms with Crippen LogP contribution in [-0.2, 0) is 16.0 Å². The molecule has 1 aromatic rings. The molecule has 3 heteroatoms. The number of nitrogens with one attached hydrogen (secondary N) is 1. The van der Waals surface area contributed by atoms with Crippen molar-refractivity contribution in [2.75, 3.05) is 11.9 Å². The Balaban J connectivity index is 1.86. The third-order valence-electron chi connectivity index (χ3n) is 2.85. The first-order valence-electron chi connectivity index (χ1n) is 5.64. The van der Waals surface area contributed by atoms with E-state index in [-0.39, 0.29) is 5.97 Å². The predicted molar refractivity (Wildman–Crippen MR) is 62.3 cm³/mol. The smallest absolute Gasteiger partial charge is 0.302 e. The maximum atomic E-state index is 10.6. The molecule has 3 nitrogen and oxygen atoms in total. The van der Waals surface area contributed by atoms with Crippen molar-refractivity contribution in [3.05, 3.63) is 29.8 Å². The van der Waals surface area contributed by atoms with E-state index >= 15 is 0 Å². The van der Waals surface area contributed by atoms with E-state index in [0.717, 1.165) is 19.3 Å². The molecule has 16 heavy (non-hydrogen) atoms. The summed E-state index contributed by atoms with van der Waals surface area (Å²) >= 11 is 0. The minimum atomic E-state index is -0.204. The molecule has 0 bridgehead atoms. The molecule has 1 radical (unpaired) electrons. The normalized spacial score (nSPS) is 18.4. The molecular weight excluding hydrogens is 202 g/mol. The minimum absolute atomic E-state index is 0.204. The van der Waals surface area contributed by atoms with Crippen LogP contribution in [0.4, 0.5) is 5.69 Å². The molecule has 2 rings (SSSR count). The molecule has 0 aliphatic carbocycles. The van der Waals surface area contributed by atoms with Crippen molar-refractivity contribution in [3.63, 3.8) is 0 Å². The third kappa shape index (κ3) is 2.75. The Morgan fingerprint density at radius 1 is 1.69 bits per heavy atom. The molecule has 1 heterocycles. The van der Waals surface area contributed by atoms with E-state index in [0.29, 0.717) is 12.6 Å². The molecule has 1 unspecified atom stereocenters. The first-order chi connectivity index (χ1) is 7.75. The summed E-state index contributed by atoms with van der Waals surface area (Å²) in [7, 11) is 0. The van der Waals surface area contributed by atoms with E-state index in [1.807, 2.05) is 12.1 Å². The molecule has 1 aliphatic heterocycles. The van der Waals surface area contributed by atoms with Crippen molar-refractivity contribution in [2.45, 2.75) is 32.2 Å². The summed E-state index contributed by atoms with van der Waals surface area (Å²) in [6.45, 7) is 1.94. The van der Waals surface area contributed by atoms with Gasteiger partial charge in [0.15, 0.2) is 0 Å². The van der Waals surface area contributed by atoms with E-state index in [9.17, 15) is 4.79 Å². The average Bonchev–Trinajstić information content (AvgIpc) is 2.28. The number of carbonyl (C=O) groups excluding carboxylic acids is 1. The van der Waals surface area contributed by atoms with Gasteiger partial charge in [0.05, 0.1) is 6.61 Å². The quantitative estimate of drug-likeness (QED) is 0.790. The largest absolute Gasteiger partial charge is 0.466 e. The van der Waals surface area contributed by atoms with Crippen LogP contribution in [0.15, 0.2) is 18.2 Å². The van der Waals surface area contributed by atoms with Gasteiger partial charge < -0.3 is 10.1 Å². The van der Waals surface area contributed by atoms with Crippen molar-refractivity contribution in [1.82, 2.24) is 0 Å². The van der Waals surface area contributed by atoms with Gasteiger partial charge in [-0.15, -0.1) is 0 Å². The van der Waals surface area contributed by atoms with Crippen LogP contribution in [0.2, 0.25) is 0 Å². The minimum Gasteiger partial charge on any atom is -0.466 e. The molecule has 1 atom stereocenters. The van der Waals surface area contributed by atoms with Crippen LogP contribution < -0.4 is 5.32 Å². The maximum absolute atomic E-state index is 10.6. The molecule has 0 saturated carbocycles. The summed E-state index contributed by atoms with van der Waals surface area (Å²) in [6.07, 6.45) is 3.05. The monoisotopic (exact) mass is 218 g/mol. The Labute approximate surface area is 95.8 Å². The average molecular weight is 218 g/mol. The zero-order chi connectivity index (χ0) is 11.4. The number of hydrogen-bond acceptors (Lipinski definition) is 3. The van der Waals surface area contributed by atoms with Crippen LogP contribution in [-0.4, -0.2) is 18.6 Å². The number of aryl methyl sites for hydroxylation is 1. The Hall–Kier alpha value is -1.51. The lowest BCUT2D eigenvalue weighted by Crippen LogP contribution is -2.27. The Kier molecular flexibility index (Phi) is 3.44. The number of ether oxygens (including phenoxy) is 1. The molecule has 0 spiro atoms. The summed E-state index contributed by atoms with van der Waals surface area (Å²) in [4.78, 5) is 10.6. The van der Waals surface area contributed by atoms with Crippen molar-refractivity contribution < 1.29 is 9.53 Å². The number of anilines is 1. The standard InChI is InChI=1S/C13H16NO2/c1-10(15)16-9-8-12-7-6-11-4-2-3-5-13(11)14-12/h2,4-5,12,14H,6-9H2,1H3. The van der Waals surface area contributed by atoms with Gasteiger partial charge in [-0.1, -0.05) is 12.1 Å². The lowest BCUT2D eigenvalue weighted by atomic mass is 9.96. The molecular formula is C13H16NO2. The third-order valence-corrected chi connectivity index (χ3v) is 2.85. The Morgan fingerprint density at radius 2 is 2.56 bits per heavy atom. The molecule has 1 aliphatic rings. The van der Waals surface area contributed by atoms with Gasteiger partial charge >= 0.3 is 5.97 Å². The highest BCUT2D eigenvalue weighted by Crippen LogP contribution is 2.25. The van der Waals surface area contributed by atoms with Crippen LogP contribution in [0.5, 0.6) is 0 Å². The summed E-state index contributed by atoms with van der Waals surface area (Å²) in [5.41, 5.74) is 2.52. The van der Waals surface area contributed by atoms with Gasteiger partial charge in [-0.05, 0) is 30.5 Å². The summed E-state index contributed by atoms with van der Waals surface area (Å²) in [5.74, 6) is -0.204. The maximum Gasteiger partial charge on any atom is 0.302 e. The fourth-order valence-electron chi connectivity index (χ4n) is 2.00. The highest BCUT2D eigenvalue weighted by molar-refractivity contribution is 5.65. The summed E-state index contributed by atoms with van der Waals surface area (Å²) < 4.78 is 4.95. The molecule has 0 saturated heterocycles. The van der Waals surface area contributed by atoms with Crippen molar-refractivity contribution in [3.8, 4) is 0 Å². The fourth-order valence-corrected chi connectivity index (χ4v) is 2.00. The van der Waals surface area contributed by atoms with Crippen LogP contribution in [0.1, 0.15) is 25.3 Å². The lowest BCUT2D eigenvalue weighted by molar-refractivity contribution is -0.141. The second kappa shape index (κ2) is 5.01. The number of esters is 1. The second-order valence-electron chi connectivity index (χ2n) is 4.09. The molecule has 1 N–H and O–H groups in total. The molecule has 0 amide bonds. The van der Waals surface area contributed by atoms with E-state index in [4.69, 9.17) is 4.74 Å².